The van der Waals surface area contributed by atoms with E-state index in [4.69, 9.17) is 9.88 Å². The minimum Gasteiger partial charge on any atom is -0.476 e. The molecule has 0 atom stereocenters. The molecule has 2 rings (SSSR count). The Morgan fingerprint density at radius 1 is 1.35 bits per heavy atom. The summed E-state index contributed by atoms with van der Waals surface area (Å²) in [5.74, 6) is 0.380. The summed E-state index contributed by atoms with van der Waals surface area (Å²) in [7, 11) is -3.56. The number of primary sulfonamides is 1. The van der Waals surface area contributed by atoms with Gasteiger partial charge in [0.05, 0.1) is 12.4 Å². The van der Waals surface area contributed by atoms with E-state index in [0.29, 0.717) is 18.7 Å². The van der Waals surface area contributed by atoms with Crippen molar-refractivity contribution in [3.8, 4) is 5.88 Å². The van der Waals surface area contributed by atoms with E-state index in [2.05, 4.69) is 10.1 Å². The SMILES string of the molecule is CCC(CC)(COc1nn2ccnc2cc1C)CS(N)(=O)=O.Cl. The summed E-state index contributed by atoms with van der Waals surface area (Å²) < 4.78 is 30.4. The van der Waals surface area contributed by atoms with Crippen molar-refractivity contribution in [3.05, 3.63) is 24.0 Å². The third-order valence-electron chi connectivity index (χ3n) is 4.05. The minimum atomic E-state index is -3.56. The van der Waals surface area contributed by atoms with Crippen LogP contribution in [-0.2, 0) is 10.0 Å². The summed E-state index contributed by atoms with van der Waals surface area (Å²) in [4.78, 5) is 4.16. The molecule has 23 heavy (non-hydrogen) atoms. The molecule has 2 heterocycles. The fourth-order valence-corrected chi connectivity index (χ4v) is 3.76. The predicted molar refractivity (Wildman–Crippen MR) is 91.5 cm³/mol. The van der Waals surface area contributed by atoms with Crippen LogP contribution in [0.4, 0.5) is 0 Å². The van der Waals surface area contributed by atoms with Gasteiger partial charge in [0.2, 0.25) is 15.9 Å². The van der Waals surface area contributed by atoms with Gasteiger partial charge in [-0.15, -0.1) is 17.5 Å². The van der Waals surface area contributed by atoms with Crippen LogP contribution in [0.25, 0.3) is 5.65 Å². The first-order valence-corrected chi connectivity index (χ1v) is 8.94. The van der Waals surface area contributed by atoms with Crippen molar-refractivity contribution in [3.63, 3.8) is 0 Å². The second-order valence-corrected chi connectivity index (χ2v) is 7.28. The van der Waals surface area contributed by atoms with E-state index in [9.17, 15) is 8.42 Å². The highest BCUT2D eigenvalue weighted by Gasteiger charge is 2.32. The van der Waals surface area contributed by atoms with Crippen LogP contribution in [0.2, 0.25) is 0 Å². The standard InChI is InChI=1S/C14H22N4O3S.ClH/c1-4-14(5-2,10-22(15,19)20)9-21-13-11(3)8-12-16-6-7-18(12)17-13;/h6-8H,4-5,9-10H2,1-3H3,(H2,15,19,20);1H. The van der Waals surface area contributed by atoms with Crippen LogP contribution in [0.15, 0.2) is 18.5 Å². The molecule has 2 aromatic heterocycles. The fourth-order valence-electron chi connectivity index (χ4n) is 2.42. The van der Waals surface area contributed by atoms with E-state index in [0.717, 1.165) is 11.2 Å². The van der Waals surface area contributed by atoms with Gasteiger partial charge in [-0.05, 0) is 25.8 Å². The average molecular weight is 363 g/mol. The van der Waals surface area contributed by atoms with Gasteiger partial charge >= 0.3 is 0 Å². The Labute approximate surface area is 142 Å². The van der Waals surface area contributed by atoms with Gasteiger partial charge in [0.15, 0.2) is 5.65 Å². The first kappa shape index (κ1) is 19.7. The van der Waals surface area contributed by atoms with Gasteiger partial charge in [-0.25, -0.2) is 23.1 Å². The minimum absolute atomic E-state index is 0. The first-order chi connectivity index (χ1) is 10.3. The van der Waals surface area contributed by atoms with E-state index in [-0.39, 0.29) is 24.8 Å². The molecule has 0 radical (unpaired) electrons. The van der Waals surface area contributed by atoms with E-state index in [1.54, 1.807) is 16.9 Å². The summed E-state index contributed by atoms with van der Waals surface area (Å²) in [5, 5.41) is 9.57. The Morgan fingerprint density at radius 3 is 2.57 bits per heavy atom. The number of hydrogen-bond donors (Lipinski definition) is 1. The molecule has 2 aromatic rings. The third kappa shape index (κ3) is 4.79. The van der Waals surface area contributed by atoms with Crippen LogP contribution < -0.4 is 9.88 Å². The van der Waals surface area contributed by atoms with Crippen LogP contribution in [-0.4, -0.2) is 35.4 Å². The second kappa shape index (κ2) is 7.46. The molecule has 0 aliphatic carbocycles. The van der Waals surface area contributed by atoms with Gasteiger partial charge in [0.25, 0.3) is 0 Å². The monoisotopic (exact) mass is 362 g/mol. The number of aryl methyl sites for hydroxylation is 1. The zero-order valence-corrected chi connectivity index (χ0v) is 15.2. The van der Waals surface area contributed by atoms with Gasteiger partial charge in [-0.1, -0.05) is 13.8 Å². The van der Waals surface area contributed by atoms with Crippen molar-refractivity contribution in [1.29, 1.82) is 0 Å². The normalized spacial score (nSPS) is 12.2. The molecule has 0 aliphatic rings. The lowest BCUT2D eigenvalue weighted by atomic mass is 9.85. The summed E-state index contributed by atoms with van der Waals surface area (Å²) in [6, 6.07) is 1.88. The van der Waals surface area contributed by atoms with Crippen LogP contribution in [0.3, 0.4) is 0 Å². The van der Waals surface area contributed by atoms with Crippen molar-refractivity contribution in [2.45, 2.75) is 33.6 Å². The van der Waals surface area contributed by atoms with Gasteiger partial charge in [-0.3, -0.25) is 0 Å². The molecule has 0 fully saturated rings. The number of rotatable bonds is 7. The van der Waals surface area contributed by atoms with E-state index in [1.165, 1.54) is 0 Å². The van der Waals surface area contributed by atoms with Crippen molar-refractivity contribution < 1.29 is 13.2 Å². The molecule has 0 saturated heterocycles. The number of imidazole rings is 1. The zero-order valence-electron chi connectivity index (χ0n) is 13.5. The summed E-state index contributed by atoms with van der Waals surface area (Å²) in [5.41, 5.74) is 1.09. The number of nitrogens with zero attached hydrogens (tertiary/aromatic N) is 3. The Balaban J connectivity index is 0.00000264. The molecule has 0 aliphatic heterocycles. The van der Waals surface area contributed by atoms with Crippen molar-refractivity contribution in [2.75, 3.05) is 12.4 Å². The molecule has 2 N–H and O–H groups in total. The number of sulfonamides is 1. The number of ether oxygens (including phenoxy) is 1. The summed E-state index contributed by atoms with van der Waals surface area (Å²) >= 11 is 0. The number of halogens is 1. The van der Waals surface area contributed by atoms with E-state index >= 15 is 0 Å². The predicted octanol–water partition coefficient (Wildman–Crippen LogP) is 1.93. The molecule has 7 nitrogen and oxygen atoms in total. The molecule has 0 amide bonds. The molecular formula is C14H23ClN4O3S. The maximum atomic E-state index is 11.5. The number of aromatic nitrogens is 3. The molecule has 0 unspecified atom stereocenters. The van der Waals surface area contributed by atoms with E-state index < -0.39 is 15.4 Å². The van der Waals surface area contributed by atoms with Gasteiger partial charge in [0, 0.05) is 23.4 Å². The zero-order chi connectivity index (χ0) is 16.4. The Hall–Kier alpha value is -1.38. The highest BCUT2D eigenvalue weighted by Crippen LogP contribution is 2.29. The van der Waals surface area contributed by atoms with Crippen molar-refractivity contribution in [2.24, 2.45) is 10.6 Å². The Kier molecular flexibility index (Phi) is 6.38. The van der Waals surface area contributed by atoms with Gasteiger partial charge < -0.3 is 4.74 Å². The van der Waals surface area contributed by atoms with Crippen molar-refractivity contribution >= 4 is 28.1 Å². The van der Waals surface area contributed by atoms with Crippen molar-refractivity contribution in [1.82, 2.24) is 14.6 Å². The molecular weight excluding hydrogens is 340 g/mol. The molecule has 0 bridgehead atoms. The summed E-state index contributed by atoms with van der Waals surface area (Å²) in [6.45, 7) is 6.02. The second-order valence-electron chi connectivity index (χ2n) is 5.67. The lowest BCUT2D eigenvalue weighted by Gasteiger charge is -2.30. The Morgan fingerprint density at radius 2 is 2.00 bits per heavy atom. The highest BCUT2D eigenvalue weighted by atomic mass is 35.5. The molecule has 0 aromatic carbocycles. The average Bonchev–Trinajstić information content (AvgIpc) is 2.89. The lowest BCUT2D eigenvalue weighted by molar-refractivity contribution is 0.147. The molecule has 130 valence electrons. The van der Waals surface area contributed by atoms with Crippen LogP contribution >= 0.6 is 12.4 Å². The van der Waals surface area contributed by atoms with Crippen LogP contribution in [0.5, 0.6) is 5.88 Å². The maximum absolute atomic E-state index is 11.5. The number of nitrogens with two attached hydrogens (primary N) is 1. The molecule has 0 saturated carbocycles. The highest BCUT2D eigenvalue weighted by molar-refractivity contribution is 7.89. The number of fused-ring (bicyclic) bond motifs is 1. The largest absolute Gasteiger partial charge is 0.476 e. The third-order valence-corrected chi connectivity index (χ3v) is 5.07. The van der Waals surface area contributed by atoms with Gasteiger partial charge in [0.1, 0.15) is 0 Å². The lowest BCUT2D eigenvalue weighted by Crippen LogP contribution is -2.38. The smallest absolute Gasteiger partial charge is 0.234 e. The van der Waals surface area contributed by atoms with Crippen LogP contribution in [0.1, 0.15) is 32.3 Å². The maximum Gasteiger partial charge on any atom is 0.234 e. The molecule has 0 spiro atoms. The number of hydrogen-bond acceptors (Lipinski definition) is 5. The van der Waals surface area contributed by atoms with Crippen LogP contribution in [0, 0.1) is 12.3 Å². The van der Waals surface area contributed by atoms with E-state index in [1.807, 2.05) is 26.8 Å². The first-order valence-electron chi connectivity index (χ1n) is 7.23. The van der Waals surface area contributed by atoms with Gasteiger partial charge in [-0.2, -0.15) is 0 Å². The quantitative estimate of drug-likeness (QED) is 0.811. The topological polar surface area (TPSA) is 99.6 Å². The summed E-state index contributed by atoms with van der Waals surface area (Å²) in [6.07, 6.45) is 4.71. The fraction of sp³-hybridized carbons (Fsp3) is 0.571. The Bertz CT molecular complexity index is 756. The molecule has 9 heteroatoms.